The van der Waals surface area contributed by atoms with E-state index in [9.17, 15) is 24.2 Å². The zero-order valence-electron chi connectivity index (χ0n) is 15.3. The van der Waals surface area contributed by atoms with E-state index in [1.165, 1.54) is 30.2 Å². The molecule has 7 N–H and O–H groups in total. The van der Waals surface area contributed by atoms with Crippen molar-refractivity contribution in [3.05, 3.63) is 24.2 Å². The van der Waals surface area contributed by atoms with Crippen LogP contribution in [0.25, 0.3) is 5.52 Å². The van der Waals surface area contributed by atoms with Gasteiger partial charge in [0.05, 0.1) is 12.3 Å². The van der Waals surface area contributed by atoms with E-state index in [0.717, 1.165) is 0 Å². The number of fused-ring (bicyclic) bond motifs is 1. The summed E-state index contributed by atoms with van der Waals surface area (Å²) in [5.41, 5.74) is 4.64. The maximum Gasteiger partial charge on any atom is 0.481 e. The van der Waals surface area contributed by atoms with Crippen LogP contribution in [0.5, 0.6) is 0 Å². The van der Waals surface area contributed by atoms with Crippen LogP contribution in [0.15, 0.2) is 23.5 Å². The van der Waals surface area contributed by atoms with Crippen LogP contribution in [-0.4, -0.2) is 77.7 Å². The Morgan fingerprint density at radius 3 is 2.70 bits per heavy atom. The summed E-state index contributed by atoms with van der Waals surface area (Å²) < 4.78 is 37.7. The van der Waals surface area contributed by atoms with Gasteiger partial charge in [0.1, 0.15) is 30.2 Å². The number of aromatic nitrogens is 3. The average Bonchev–Trinajstić information content (AvgIpc) is 3.15. The first-order valence-corrected chi connectivity index (χ1v) is 11.2. The second-order valence-electron chi connectivity index (χ2n) is 6.27. The lowest BCUT2D eigenvalue weighted by Gasteiger charge is -2.27. The fourth-order valence-corrected chi connectivity index (χ4v) is 4.73. The molecule has 3 heterocycles. The number of nitrogens with two attached hydrogens (primary N) is 1. The first-order chi connectivity index (χ1) is 13.9. The van der Waals surface area contributed by atoms with Crippen molar-refractivity contribution < 1.29 is 47.6 Å². The molecule has 0 amide bonds. The number of nitrogens with zero attached hydrogens (tertiary/aromatic N) is 4. The number of rotatable bonds is 7. The molecule has 0 saturated carbocycles. The third-order valence-electron chi connectivity index (χ3n) is 4.30. The topological polar surface area (TPSA) is 232 Å². The first-order valence-electron chi connectivity index (χ1n) is 8.20. The Morgan fingerprint density at radius 1 is 1.37 bits per heavy atom. The van der Waals surface area contributed by atoms with Crippen LogP contribution in [0.2, 0.25) is 0 Å². The molecule has 2 aromatic heterocycles. The predicted octanol–water partition coefficient (Wildman–Crippen LogP) is -1.45. The lowest BCUT2D eigenvalue weighted by Crippen LogP contribution is -2.43. The lowest BCUT2D eigenvalue weighted by molar-refractivity contribution is -0.0528. The monoisotopic (exact) mass is 467 g/mol. The SMILES string of the molecule is CN=C[C@@]1(c2ccc3c(N)ncnn23)O[C@H](COP(=O)(O)OP(=O)(O)O)[C@@H](O)[C@H]1O. The molecule has 0 aliphatic carbocycles. The van der Waals surface area contributed by atoms with Crippen molar-refractivity contribution in [2.24, 2.45) is 4.99 Å². The van der Waals surface area contributed by atoms with E-state index < -0.39 is 46.2 Å². The fraction of sp³-hybridized carbons (Fsp3) is 0.462. The Kier molecular flexibility index (Phi) is 6.15. The molecular formula is C13H19N5O10P2. The summed E-state index contributed by atoms with van der Waals surface area (Å²) in [4.78, 5) is 34.4. The fourth-order valence-electron chi connectivity index (χ4n) is 3.13. The number of aliphatic imine (C=N–C) groups is 1. The second kappa shape index (κ2) is 8.05. The highest BCUT2D eigenvalue weighted by Crippen LogP contribution is 2.57. The number of aliphatic hydroxyl groups is 2. The summed E-state index contributed by atoms with van der Waals surface area (Å²) in [7, 11) is -9.12. The summed E-state index contributed by atoms with van der Waals surface area (Å²) in [6.45, 7) is -0.855. The number of phosphoric acid groups is 2. The van der Waals surface area contributed by atoms with Crippen LogP contribution in [0.3, 0.4) is 0 Å². The van der Waals surface area contributed by atoms with Gasteiger partial charge in [-0.25, -0.2) is 18.6 Å². The number of nitrogen functional groups attached to an aromatic ring is 1. The molecule has 1 aliphatic rings. The van der Waals surface area contributed by atoms with Gasteiger partial charge in [-0.15, -0.1) is 0 Å². The van der Waals surface area contributed by atoms with Crippen LogP contribution in [0.1, 0.15) is 5.69 Å². The van der Waals surface area contributed by atoms with E-state index in [1.807, 2.05) is 0 Å². The van der Waals surface area contributed by atoms with Gasteiger partial charge in [0.25, 0.3) is 0 Å². The van der Waals surface area contributed by atoms with E-state index in [0.29, 0.717) is 5.52 Å². The van der Waals surface area contributed by atoms with Gasteiger partial charge in [-0.1, -0.05) is 0 Å². The summed E-state index contributed by atoms with van der Waals surface area (Å²) in [6.07, 6.45) is -2.33. The van der Waals surface area contributed by atoms with Crippen LogP contribution in [-0.2, 0) is 28.3 Å². The molecule has 15 nitrogen and oxygen atoms in total. The molecule has 2 aromatic rings. The largest absolute Gasteiger partial charge is 0.481 e. The van der Waals surface area contributed by atoms with E-state index in [2.05, 4.69) is 23.9 Å². The van der Waals surface area contributed by atoms with Gasteiger partial charge < -0.3 is 35.4 Å². The van der Waals surface area contributed by atoms with Crippen LogP contribution < -0.4 is 5.73 Å². The Bertz CT molecular complexity index is 1060. The lowest BCUT2D eigenvalue weighted by atomic mass is 9.92. The molecular weight excluding hydrogens is 448 g/mol. The highest BCUT2D eigenvalue weighted by molar-refractivity contribution is 7.60. The average molecular weight is 467 g/mol. The minimum atomic E-state index is -5.33. The number of hydrogen-bond acceptors (Lipinski definition) is 11. The molecule has 30 heavy (non-hydrogen) atoms. The Balaban J connectivity index is 1.92. The highest BCUT2D eigenvalue weighted by Gasteiger charge is 2.56. The van der Waals surface area contributed by atoms with E-state index >= 15 is 0 Å². The number of hydrogen-bond donors (Lipinski definition) is 6. The van der Waals surface area contributed by atoms with Crippen molar-refractivity contribution in [3.8, 4) is 0 Å². The molecule has 1 aliphatic heterocycles. The maximum absolute atomic E-state index is 11.7. The standard InChI is InChI=1S/C13H19N5O10P2/c1-15-5-13(9-3-2-7-12(14)16-6-17-18(7)9)11(20)10(19)8(27-13)4-26-30(24,25)28-29(21,22)23/h2-3,5-6,8,10-11,19-20H,4H2,1H3,(H,24,25)(H2,14,16,17)(H2,21,22,23)/t8-,10-,11-,13+/m1/s1. The third-order valence-corrected chi connectivity index (χ3v) is 6.46. The molecule has 3 rings (SSSR count). The van der Waals surface area contributed by atoms with Crippen molar-refractivity contribution in [1.82, 2.24) is 14.6 Å². The third kappa shape index (κ3) is 4.31. The summed E-state index contributed by atoms with van der Waals surface area (Å²) in [5.74, 6) is 0.142. The smallest absolute Gasteiger partial charge is 0.387 e. The molecule has 0 aromatic carbocycles. The van der Waals surface area contributed by atoms with Gasteiger partial charge in [-0.3, -0.25) is 9.52 Å². The van der Waals surface area contributed by atoms with E-state index in [4.69, 9.17) is 20.3 Å². The zero-order chi connectivity index (χ0) is 22.3. The van der Waals surface area contributed by atoms with E-state index in [1.54, 1.807) is 6.07 Å². The quantitative estimate of drug-likeness (QED) is 0.202. The number of phosphoric ester groups is 1. The van der Waals surface area contributed by atoms with Crippen molar-refractivity contribution in [2.45, 2.75) is 23.9 Å². The number of anilines is 1. The Hall–Kier alpha value is -1.77. The van der Waals surface area contributed by atoms with Gasteiger partial charge in [-0.05, 0) is 12.1 Å². The van der Waals surface area contributed by atoms with Gasteiger partial charge in [-0.2, -0.15) is 9.41 Å². The van der Waals surface area contributed by atoms with Gasteiger partial charge in [0.2, 0.25) is 0 Å². The van der Waals surface area contributed by atoms with Crippen LogP contribution >= 0.6 is 15.6 Å². The summed E-state index contributed by atoms with van der Waals surface area (Å²) in [5, 5.41) is 25.2. The molecule has 1 saturated heterocycles. The molecule has 0 radical (unpaired) electrons. The first kappa shape index (κ1) is 22.9. The molecule has 17 heteroatoms. The second-order valence-corrected chi connectivity index (χ2v) is 9.10. The Labute approximate surface area is 168 Å². The zero-order valence-corrected chi connectivity index (χ0v) is 17.1. The number of ether oxygens (including phenoxy) is 1. The highest BCUT2D eigenvalue weighted by atomic mass is 31.3. The van der Waals surface area contributed by atoms with Gasteiger partial charge >= 0.3 is 15.6 Å². The summed E-state index contributed by atoms with van der Waals surface area (Å²) in [6, 6.07) is 3.06. The molecule has 0 bridgehead atoms. The Morgan fingerprint density at radius 2 is 2.07 bits per heavy atom. The van der Waals surface area contributed by atoms with Crippen molar-refractivity contribution >= 4 is 33.2 Å². The van der Waals surface area contributed by atoms with Crippen molar-refractivity contribution in [1.29, 1.82) is 0 Å². The maximum atomic E-state index is 11.7. The van der Waals surface area contributed by atoms with Gasteiger partial charge in [0, 0.05) is 13.3 Å². The normalized spacial score (nSPS) is 29.6. The van der Waals surface area contributed by atoms with Crippen molar-refractivity contribution in [2.75, 3.05) is 19.4 Å². The molecule has 1 fully saturated rings. The molecule has 5 atom stereocenters. The number of aliphatic hydroxyl groups excluding tert-OH is 2. The molecule has 0 spiro atoms. The predicted molar refractivity (Wildman–Crippen MR) is 99.3 cm³/mol. The van der Waals surface area contributed by atoms with Gasteiger partial charge in [0.15, 0.2) is 11.4 Å². The molecule has 166 valence electrons. The van der Waals surface area contributed by atoms with Crippen molar-refractivity contribution in [3.63, 3.8) is 0 Å². The molecule has 1 unspecified atom stereocenters. The van der Waals surface area contributed by atoms with Crippen LogP contribution in [0.4, 0.5) is 5.82 Å². The minimum absolute atomic E-state index is 0.142. The van der Waals surface area contributed by atoms with Crippen LogP contribution in [0, 0.1) is 0 Å². The van der Waals surface area contributed by atoms with E-state index in [-0.39, 0.29) is 11.5 Å². The minimum Gasteiger partial charge on any atom is -0.387 e. The summed E-state index contributed by atoms with van der Waals surface area (Å²) >= 11 is 0.